The Morgan fingerprint density at radius 1 is 1.05 bits per heavy atom. The van der Waals surface area contributed by atoms with Gasteiger partial charge in [0.05, 0.1) is 17.4 Å². The van der Waals surface area contributed by atoms with Crippen molar-refractivity contribution < 1.29 is 17.9 Å². The highest BCUT2D eigenvalue weighted by atomic mass is 35.5. The molecule has 3 heterocycles. The summed E-state index contributed by atoms with van der Waals surface area (Å²) in [6.45, 7) is 1.62. The highest BCUT2D eigenvalue weighted by Crippen LogP contribution is 2.59. The lowest BCUT2D eigenvalue weighted by molar-refractivity contribution is -0.0434. The Balaban J connectivity index is 1.40. The summed E-state index contributed by atoms with van der Waals surface area (Å²) in [7, 11) is -0.732. The Hall–Kier alpha value is -2.63. The molecule has 0 amide bonds. The van der Waals surface area contributed by atoms with Gasteiger partial charge in [0.15, 0.2) is 21.5 Å². The highest BCUT2D eigenvalue weighted by Gasteiger charge is 2.53. The molecule has 4 fully saturated rings. The summed E-state index contributed by atoms with van der Waals surface area (Å²) < 4.78 is 40.9. The third-order valence-corrected chi connectivity index (χ3v) is 11.1. The first kappa shape index (κ1) is 26.6. The van der Waals surface area contributed by atoms with Gasteiger partial charge in [0.2, 0.25) is 5.88 Å². The summed E-state index contributed by atoms with van der Waals surface area (Å²) in [6, 6.07) is 5.53. The third kappa shape index (κ3) is 4.82. The van der Waals surface area contributed by atoms with Gasteiger partial charge in [-0.05, 0) is 69.3 Å². The van der Waals surface area contributed by atoms with E-state index in [-0.39, 0.29) is 17.1 Å². The number of hydrogen-bond donors (Lipinski definition) is 0. The second-order valence-electron chi connectivity index (χ2n) is 11.4. The first-order valence-electron chi connectivity index (χ1n) is 13.4. The maximum Gasteiger partial charge on any atom is 0.213 e. The predicted octanol–water partition coefficient (Wildman–Crippen LogP) is 4.41. The van der Waals surface area contributed by atoms with Crippen molar-refractivity contribution in [3.05, 3.63) is 47.3 Å². The summed E-state index contributed by atoms with van der Waals surface area (Å²) in [5.41, 5.74) is 0.408. The van der Waals surface area contributed by atoms with Crippen LogP contribution in [0.4, 0.5) is 0 Å². The fourth-order valence-electron chi connectivity index (χ4n) is 7.54. The number of halogens is 1. The number of aromatic nitrogens is 6. The van der Waals surface area contributed by atoms with Crippen LogP contribution >= 0.6 is 11.6 Å². The smallest absolute Gasteiger partial charge is 0.213 e. The minimum atomic E-state index is -3.76. The Bertz CT molecular complexity index is 1430. The fourth-order valence-corrected chi connectivity index (χ4v) is 9.06. The number of methoxy groups -OCH3 is 2. The molecule has 208 valence electrons. The van der Waals surface area contributed by atoms with Crippen molar-refractivity contribution in [2.24, 2.45) is 17.8 Å². The van der Waals surface area contributed by atoms with Gasteiger partial charge < -0.3 is 14.0 Å². The molecule has 4 aliphatic carbocycles. The zero-order valence-corrected chi connectivity index (χ0v) is 23.9. The third-order valence-electron chi connectivity index (χ3n) is 8.84. The van der Waals surface area contributed by atoms with Crippen LogP contribution in [0.2, 0.25) is 5.02 Å². The summed E-state index contributed by atoms with van der Waals surface area (Å²) in [6.07, 6.45) is 8.82. The molecule has 0 radical (unpaired) electrons. The van der Waals surface area contributed by atoms with E-state index in [4.69, 9.17) is 21.1 Å². The lowest BCUT2D eigenvalue weighted by Crippen LogP contribution is -2.52. The Morgan fingerprint density at radius 2 is 1.69 bits per heavy atom. The molecule has 3 aromatic rings. The van der Waals surface area contributed by atoms with Crippen LogP contribution < -0.4 is 4.74 Å². The van der Waals surface area contributed by atoms with Crippen LogP contribution in [0.25, 0.3) is 11.5 Å². The average molecular weight is 573 g/mol. The van der Waals surface area contributed by atoms with Crippen LogP contribution in [0.3, 0.4) is 0 Å². The fraction of sp³-hybridized carbons (Fsp3) is 0.593. The number of sulfone groups is 1. The second kappa shape index (κ2) is 10.1. The quantitative estimate of drug-likeness (QED) is 0.367. The minimum absolute atomic E-state index is 0.216. The molecule has 0 N–H and O–H groups in total. The monoisotopic (exact) mass is 572 g/mol. The molecule has 4 saturated carbocycles. The van der Waals surface area contributed by atoms with Crippen LogP contribution in [0.1, 0.15) is 63.2 Å². The van der Waals surface area contributed by atoms with Crippen LogP contribution in [0.5, 0.6) is 5.88 Å². The van der Waals surface area contributed by atoms with Crippen molar-refractivity contribution in [1.29, 1.82) is 0 Å². The molecule has 12 heteroatoms. The zero-order chi connectivity index (χ0) is 27.4. The van der Waals surface area contributed by atoms with Crippen molar-refractivity contribution in [3.63, 3.8) is 0 Å². The first-order chi connectivity index (χ1) is 18.7. The molecule has 0 saturated heterocycles. The number of rotatable bonds is 9. The molecule has 0 aliphatic heterocycles. The van der Waals surface area contributed by atoms with Crippen LogP contribution in [-0.2, 0) is 25.9 Å². The maximum absolute atomic E-state index is 13.9. The molecule has 2 atom stereocenters. The molecular weight excluding hydrogens is 540 g/mol. The Morgan fingerprint density at radius 3 is 2.28 bits per heavy atom. The SMILES string of the molecule is COc1cccc(-c2nnc(CS(=O)(=O)[C@@H](C)[C@H](OC)c3ncc(Cl)cn3)n2C23CC4CC(CC(C4)C2)C3)n1. The van der Waals surface area contributed by atoms with Crippen molar-refractivity contribution in [2.45, 2.75) is 68.1 Å². The lowest BCUT2D eigenvalue weighted by atomic mass is 9.53. The van der Waals surface area contributed by atoms with Gasteiger partial charge in [-0.2, -0.15) is 0 Å². The van der Waals surface area contributed by atoms with E-state index in [2.05, 4.69) is 29.7 Å². The van der Waals surface area contributed by atoms with Gasteiger partial charge in [-0.25, -0.2) is 23.4 Å². The number of ether oxygens (including phenoxy) is 2. The average Bonchev–Trinajstić information content (AvgIpc) is 3.33. The number of nitrogens with zero attached hydrogens (tertiary/aromatic N) is 6. The highest BCUT2D eigenvalue weighted by molar-refractivity contribution is 7.91. The predicted molar refractivity (Wildman–Crippen MR) is 145 cm³/mol. The van der Waals surface area contributed by atoms with Gasteiger partial charge >= 0.3 is 0 Å². The summed E-state index contributed by atoms with van der Waals surface area (Å²) in [4.78, 5) is 13.1. The minimum Gasteiger partial charge on any atom is -0.481 e. The van der Waals surface area contributed by atoms with E-state index in [0.29, 0.717) is 46.0 Å². The van der Waals surface area contributed by atoms with E-state index >= 15 is 0 Å². The molecule has 4 aliphatic rings. The lowest BCUT2D eigenvalue weighted by Gasteiger charge is -2.57. The van der Waals surface area contributed by atoms with Crippen LogP contribution in [0, 0.1) is 17.8 Å². The normalized spacial score (nSPS) is 27.4. The van der Waals surface area contributed by atoms with Gasteiger partial charge in [-0.15, -0.1) is 10.2 Å². The van der Waals surface area contributed by atoms with Gasteiger partial charge in [-0.3, -0.25) is 0 Å². The van der Waals surface area contributed by atoms with E-state index in [1.807, 2.05) is 12.1 Å². The van der Waals surface area contributed by atoms with Crippen molar-refractivity contribution in [2.75, 3.05) is 14.2 Å². The molecule has 3 aromatic heterocycles. The summed E-state index contributed by atoms with van der Waals surface area (Å²) in [5.74, 6) is 3.44. The molecule has 7 rings (SSSR count). The number of pyridine rings is 1. The molecular formula is C27H33ClN6O4S. The molecule has 0 unspecified atom stereocenters. The molecule has 10 nitrogen and oxygen atoms in total. The van der Waals surface area contributed by atoms with Crippen molar-refractivity contribution in [1.82, 2.24) is 29.7 Å². The standard InChI is InChI=1S/C27H33ClN6O4S/c1-16(24(38-3)25-29-13-20(28)14-30-25)39(35,36)15-22-32-33-26(21-5-4-6-23(31-21)37-2)34(22)27-10-17-7-18(11-27)9-19(8-17)12-27/h4-6,13-14,16-19,24H,7-12,15H2,1-3H3/t16-,17?,18?,19?,24-,27?/m0/s1. The largest absolute Gasteiger partial charge is 0.481 e. The Kier molecular flexibility index (Phi) is 6.87. The van der Waals surface area contributed by atoms with Crippen LogP contribution in [-0.4, -0.2) is 57.6 Å². The topological polar surface area (TPSA) is 122 Å². The molecule has 39 heavy (non-hydrogen) atoms. The molecule has 0 aromatic carbocycles. The van der Waals surface area contributed by atoms with E-state index in [0.717, 1.165) is 19.3 Å². The van der Waals surface area contributed by atoms with E-state index in [1.165, 1.54) is 38.8 Å². The summed E-state index contributed by atoms with van der Waals surface area (Å²) >= 11 is 5.94. The van der Waals surface area contributed by atoms with Crippen molar-refractivity contribution >= 4 is 21.4 Å². The molecule has 4 bridgehead atoms. The van der Waals surface area contributed by atoms with E-state index in [1.54, 1.807) is 20.1 Å². The van der Waals surface area contributed by atoms with Gasteiger partial charge in [-0.1, -0.05) is 17.7 Å². The van der Waals surface area contributed by atoms with Crippen LogP contribution in [0.15, 0.2) is 30.6 Å². The summed E-state index contributed by atoms with van der Waals surface area (Å²) in [5, 5.41) is 8.50. The van der Waals surface area contributed by atoms with Gasteiger partial charge in [0, 0.05) is 31.1 Å². The van der Waals surface area contributed by atoms with Crippen molar-refractivity contribution in [3.8, 4) is 17.4 Å². The molecule has 0 spiro atoms. The van der Waals surface area contributed by atoms with E-state index < -0.39 is 21.2 Å². The first-order valence-corrected chi connectivity index (χ1v) is 15.5. The Labute approximate surface area is 233 Å². The van der Waals surface area contributed by atoms with Gasteiger partial charge in [0.1, 0.15) is 23.4 Å². The zero-order valence-electron chi connectivity index (χ0n) is 22.3. The number of hydrogen-bond acceptors (Lipinski definition) is 9. The second-order valence-corrected chi connectivity index (χ2v) is 14.2. The van der Waals surface area contributed by atoms with Gasteiger partial charge in [0.25, 0.3) is 0 Å². The maximum atomic E-state index is 13.9. The van der Waals surface area contributed by atoms with E-state index in [9.17, 15) is 8.42 Å².